The number of carbonyl (C=O) groups is 1. The first-order chi connectivity index (χ1) is 15.4. The maximum atomic E-state index is 13.3. The zero-order valence-electron chi connectivity index (χ0n) is 17.5. The van der Waals surface area contributed by atoms with E-state index in [1.165, 1.54) is 11.8 Å². The van der Waals surface area contributed by atoms with E-state index >= 15 is 0 Å². The molecule has 5 rings (SSSR count). The van der Waals surface area contributed by atoms with E-state index in [1.807, 2.05) is 56.3 Å². The summed E-state index contributed by atoms with van der Waals surface area (Å²) < 4.78 is 4.32. The van der Waals surface area contributed by atoms with E-state index in [0.717, 1.165) is 27.0 Å². The van der Waals surface area contributed by atoms with E-state index in [4.69, 9.17) is 4.98 Å². The van der Waals surface area contributed by atoms with Crippen molar-refractivity contribution in [3.63, 3.8) is 0 Å². The minimum absolute atomic E-state index is 0.132. The van der Waals surface area contributed by atoms with E-state index in [0.29, 0.717) is 21.9 Å². The summed E-state index contributed by atoms with van der Waals surface area (Å²) in [4.78, 5) is 30.7. The van der Waals surface area contributed by atoms with Crippen LogP contribution in [0.4, 0.5) is 5.69 Å². The van der Waals surface area contributed by atoms with Gasteiger partial charge in [-0.25, -0.2) is 9.67 Å². The summed E-state index contributed by atoms with van der Waals surface area (Å²) in [5.41, 5.74) is 4.15. The normalized spacial score (nSPS) is 15.2. The molecule has 2 aromatic carbocycles. The molecular weight excluding hydrogens is 490 g/mol. The number of thioether (sulfide) groups is 1. The Morgan fingerprint density at radius 2 is 2.00 bits per heavy atom. The molecule has 0 fully saturated rings. The number of aryl methyl sites for hydroxylation is 2. The van der Waals surface area contributed by atoms with Gasteiger partial charge in [0.25, 0.3) is 5.56 Å². The van der Waals surface area contributed by atoms with Gasteiger partial charge in [-0.15, -0.1) is 0 Å². The van der Waals surface area contributed by atoms with Gasteiger partial charge in [0.05, 0.1) is 17.9 Å². The zero-order chi connectivity index (χ0) is 22.4. The zero-order valence-corrected chi connectivity index (χ0v) is 19.9. The third-order valence-electron chi connectivity index (χ3n) is 5.51. The average molecular weight is 510 g/mol. The monoisotopic (exact) mass is 509 g/mol. The van der Waals surface area contributed by atoms with Crippen LogP contribution in [0.1, 0.15) is 23.6 Å². The summed E-state index contributed by atoms with van der Waals surface area (Å²) >= 11 is 4.96. The average Bonchev–Trinajstić information content (AvgIpc) is 3.36. The van der Waals surface area contributed by atoms with E-state index in [-0.39, 0.29) is 23.9 Å². The van der Waals surface area contributed by atoms with Crippen LogP contribution in [0.5, 0.6) is 0 Å². The Bertz CT molecular complexity index is 1410. The Hall–Kier alpha value is -2.91. The number of anilines is 1. The molecule has 2 aromatic heterocycles. The van der Waals surface area contributed by atoms with Crippen LogP contribution >= 0.6 is 27.7 Å². The lowest BCUT2D eigenvalue weighted by Gasteiger charge is -2.14. The fourth-order valence-corrected chi connectivity index (χ4v) is 5.18. The Morgan fingerprint density at radius 3 is 2.75 bits per heavy atom. The third-order valence-corrected chi connectivity index (χ3v) is 7.50. The van der Waals surface area contributed by atoms with E-state index in [1.54, 1.807) is 15.4 Å². The van der Waals surface area contributed by atoms with Crippen molar-refractivity contribution in [3.05, 3.63) is 74.6 Å². The fourth-order valence-electron chi connectivity index (χ4n) is 3.80. The highest BCUT2D eigenvalue weighted by atomic mass is 79.9. The molecule has 1 unspecified atom stereocenters. The maximum absolute atomic E-state index is 13.3. The topological polar surface area (TPSA) is 81.8 Å². The minimum atomic E-state index is -0.251. The highest BCUT2D eigenvalue weighted by molar-refractivity contribution is 9.10. The van der Waals surface area contributed by atoms with Crippen molar-refractivity contribution in [3.8, 4) is 5.69 Å². The number of fused-ring (bicyclic) bond motifs is 2. The molecule has 1 aliphatic rings. The number of rotatable bonds is 4. The second-order valence-electron chi connectivity index (χ2n) is 7.88. The lowest BCUT2D eigenvalue weighted by Crippen LogP contribution is -2.27. The third kappa shape index (κ3) is 3.75. The number of carbonyl (C=O) groups excluding carboxylic acids is 1. The molecule has 1 amide bonds. The van der Waals surface area contributed by atoms with Gasteiger partial charge in [-0.3, -0.25) is 14.2 Å². The smallest absolute Gasteiger partial charge is 0.265 e. The Labute approximate surface area is 197 Å². The number of hydrogen-bond acceptors (Lipinski definition) is 5. The van der Waals surface area contributed by atoms with Gasteiger partial charge in [0.2, 0.25) is 5.91 Å². The number of benzene rings is 2. The summed E-state index contributed by atoms with van der Waals surface area (Å²) in [5.74, 6) is 0.493. The first-order valence-corrected chi connectivity index (χ1v) is 11.9. The lowest BCUT2D eigenvalue weighted by molar-refractivity contribution is -0.116. The molecular formula is C23H20BrN5O2S. The van der Waals surface area contributed by atoms with Crippen molar-refractivity contribution < 1.29 is 4.79 Å². The van der Waals surface area contributed by atoms with Crippen LogP contribution in [0.15, 0.2) is 63.1 Å². The molecule has 0 bridgehead atoms. The molecule has 0 aliphatic carbocycles. The van der Waals surface area contributed by atoms with Crippen molar-refractivity contribution in [2.75, 3.05) is 11.1 Å². The van der Waals surface area contributed by atoms with Gasteiger partial charge in [0, 0.05) is 22.3 Å². The molecule has 0 radical (unpaired) electrons. The maximum Gasteiger partial charge on any atom is 0.265 e. The number of halogens is 1. The molecule has 162 valence electrons. The predicted molar refractivity (Wildman–Crippen MR) is 130 cm³/mol. The molecule has 0 saturated carbocycles. The first kappa shape index (κ1) is 21.0. The van der Waals surface area contributed by atoms with Crippen LogP contribution in [0.2, 0.25) is 0 Å². The van der Waals surface area contributed by atoms with Crippen LogP contribution in [0.3, 0.4) is 0 Å². The number of aromatic nitrogens is 4. The van der Waals surface area contributed by atoms with E-state index < -0.39 is 0 Å². The first-order valence-electron chi connectivity index (χ1n) is 10.2. The van der Waals surface area contributed by atoms with Crippen LogP contribution in [-0.4, -0.2) is 31.0 Å². The summed E-state index contributed by atoms with van der Waals surface area (Å²) in [6.45, 7) is 3.99. The van der Waals surface area contributed by atoms with Crippen LogP contribution < -0.4 is 10.9 Å². The molecule has 3 heterocycles. The highest BCUT2D eigenvalue weighted by Gasteiger charge is 2.29. The molecule has 4 aromatic rings. The molecule has 32 heavy (non-hydrogen) atoms. The van der Waals surface area contributed by atoms with Crippen molar-refractivity contribution in [2.24, 2.45) is 0 Å². The fraction of sp³-hybridized carbons (Fsp3) is 0.217. The second kappa shape index (κ2) is 8.22. The molecule has 1 aliphatic heterocycles. The summed E-state index contributed by atoms with van der Waals surface area (Å²) in [6, 6.07) is 13.3. The Kier molecular flexibility index (Phi) is 5.38. The quantitative estimate of drug-likeness (QED) is 0.405. The summed E-state index contributed by atoms with van der Waals surface area (Å²) in [5, 5.41) is 8.40. The molecule has 0 saturated heterocycles. The molecule has 1 atom stereocenters. The van der Waals surface area contributed by atoms with Crippen molar-refractivity contribution in [1.82, 2.24) is 19.3 Å². The van der Waals surface area contributed by atoms with Gasteiger partial charge in [-0.05, 0) is 49.7 Å². The summed E-state index contributed by atoms with van der Waals surface area (Å²) in [7, 11) is 0. The number of nitrogens with one attached hydrogen (secondary N) is 1. The van der Waals surface area contributed by atoms with Crippen LogP contribution in [0.25, 0.3) is 16.7 Å². The highest BCUT2D eigenvalue weighted by Crippen LogP contribution is 2.33. The van der Waals surface area contributed by atoms with E-state index in [2.05, 4.69) is 26.3 Å². The summed E-state index contributed by atoms with van der Waals surface area (Å²) in [6.07, 6.45) is 1.76. The number of amides is 1. The number of hydrogen-bond donors (Lipinski definition) is 1. The molecule has 7 nitrogen and oxygen atoms in total. The standard InChI is InChI=1S/C23H20BrN5O2S/c1-13-3-6-16(7-4-13)29-21-18(11-25-29)22(31)28-17(12-32-23(28)27-21)10-20(30)26-15-5-8-19(24)14(2)9-15/h3-9,11,17H,10,12H2,1-2H3,(H,26,30). The lowest BCUT2D eigenvalue weighted by atomic mass is 10.2. The van der Waals surface area contributed by atoms with Gasteiger partial charge in [-0.1, -0.05) is 45.4 Å². The Morgan fingerprint density at radius 1 is 1.22 bits per heavy atom. The predicted octanol–water partition coefficient (Wildman–Crippen LogP) is 4.64. The van der Waals surface area contributed by atoms with Crippen molar-refractivity contribution in [1.29, 1.82) is 0 Å². The van der Waals surface area contributed by atoms with Crippen LogP contribution in [-0.2, 0) is 4.79 Å². The van der Waals surface area contributed by atoms with Gasteiger partial charge < -0.3 is 5.32 Å². The van der Waals surface area contributed by atoms with Gasteiger partial charge in [-0.2, -0.15) is 5.10 Å². The van der Waals surface area contributed by atoms with Gasteiger partial charge >= 0.3 is 0 Å². The minimum Gasteiger partial charge on any atom is -0.326 e. The molecule has 0 spiro atoms. The van der Waals surface area contributed by atoms with E-state index in [9.17, 15) is 9.59 Å². The second-order valence-corrected chi connectivity index (χ2v) is 9.72. The van der Waals surface area contributed by atoms with Crippen LogP contribution in [0, 0.1) is 13.8 Å². The number of nitrogens with zero attached hydrogens (tertiary/aromatic N) is 4. The van der Waals surface area contributed by atoms with Crippen molar-refractivity contribution >= 4 is 50.3 Å². The molecule has 9 heteroatoms. The van der Waals surface area contributed by atoms with Gasteiger partial charge in [0.15, 0.2) is 10.8 Å². The van der Waals surface area contributed by atoms with Gasteiger partial charge in [0.1, 0.15) is 5.39 Å². The Balaban J connectivity index is 1.43. The largest absolute Gasteiger partial charge is 0.326 e. The SMILES string of the molecule is Cc1ccc(-n2ncc3c(=O)n4c(nc32)SCC4CC(=O)Nc2ccc(Br)c(C)c2)cc1. The van der Waals surface area contributed by atoms with Crippen molar-refractivity contribution in [2.45, 2.75) is 31.5 Å². The molecule has 1 N–H and O–H groups in total.